The standard InChI is InChI=1S/C29H29Cl2FN6O2/c1-4-16-7-6-8-17(5-2)26(16)38-27(19-12-22(32)24(35-29(33)39)13-25(19)40-3)20-15-37(10-9-23(20)36-38)28-21(31)11-18(30)14-34-28/h6-8,11-14H,4-5,9-10,15H2,1-3H3,(H3,33,35,39). The molecular formula is C29H29Cl2FN6O2. The molecule has 40 heavy (non-hydrogen) atoms. The number of carbonyl (C=O) groups is 1. The van der Waals surface area contributed by atoms with E-state index in [0.717, 1.165) is 40.9 Å². The highest BCUT2D eigenvalue weighted by Gasteiger charge is 2.31. The first-order valence-corrected chi connectivity index (χ1v) is 13.7. The van der Waals surface area contributed by atoms with Crippen molar-refractivity contribution in [2.45, 2.75) is 39.7 Å². The van der Waals surface area contributed by atoms with Crippen molar-refractivity contribution in [3.8, 4) is 22.7 Å². The summed E-state index contributed by atoms with van der Waals surface area (Å²) < 4.78 is 23.0. The predicted octanol–water partition coefficient (Wildman–Crippen LogP) is 6.57. The molecule has 11 heteroatoms. The summed E-state index contributed by atoms with van der Waals surface area (Å²) in [6.45, 7) is 5.27. The number of carbonyl (C=O) groups excluding carboxylic acids is 1. The number of halogens is 3. The maximum atomic E-state index is 15.4. The number of pyridine rings is 1. The number of methoxy groups -OCH3 is 1. The topological polar surface area (TPSA) is 98.3 Å². The number of para-hydroxylation sites is 1. The molecule has 3 heterocycles. The van der Waals surface area contributed by atoms with Crippen LogP contribution in [-0.4, -0.2) is 34.5 Å². The molecule has 8 nitrogen and oxygen atoms in total. The number of nitrogens with one attached hydrogen (secondary N) is 1. The van der Waals surface area contributed by atoms with Gasteiger partial charge >= 0.3 is 6.03 Å². The lowest BCUT2D eigenvalue weighted by molar-refractivity contribution is 0.259. The van der Waals surface area contributed by atoms with Crippen molar-refractivity contribution in [1.82, 2.24) is 14.8 Å². The molecule has 2 aromatic carbocycles. The fraction of sp³-hybridized carbons (Fsp3) is 0.276. The number of rotatable bonds is 7. The fourth-order valence-corrected chi connectivity index (χ4v) is 5.76. The van der Waals surface area contributed by atoms with E-state index >= 15 is 4.39 Å². The monoisotopic (exact) mass is 582 g/mol. The van der Waals surface area contributed by atoms with Crippen LogP contribution in [0.2, 0.25) is 10.0 Å². The summed E-state index contributed by atoms with van der Waals surface area (Å²) in [5, 5.41) is 8.32. The van der Waals surface area contributed by atoms with Crippen LogP contribution in [0, 0.1) is 5.82 Å². The van der Waals surface area contributed by atoms with Crippen LogP contribution in [-0.2, 0) is 25.8 Å². The molecule has 0 aliphatic carbocycles. The molecule has 1 aliphatic rings. The Morgan fingerprint density at radius 2 is 1.90 bits per heavy atom. The minimum atomic E-state index is -0.872. The van der Waals surface area contributed by atoms with Gasteiger partial charge in [-0.25, -0.2) is 18.9 Å². The van der Waals surface area contributed by atoms with E-state index in [2.05, 4.69) is 41.2 Å². The molecule has 4 aromatic rings. The zero-order valence-electron chi connectivity index (χ0n) is 22.4. The van der Waals surface area contributed by atoms with Crippen molar-refractivity contribution in [2.24, 2.45) is 5.73 Å². The first-order chi connectivity index (χ1) is 19.2. The third kappa shape index (κ3) is 5.07. The maximum Gasteiger partial charge on any atom is 0.316 e. The second-order valence-electron chi connectivity index (χ2n) is 9.47. The highest BCUT2D eigenvalue weighted by Crippen LogP contribution is 2.42. The summed E-state index contributed by atoms with van der Waals surface area (Å²) in [7, 11) is 1.50. The van der Waals surface area contributed by atoms with E-state index in [0.29, 0.717) is 52.4 Å². The van der Waals surface area contributed by atoms with Gasteiger partial charge in [-0.05, 0) is 36.1 Å². The van der Waals surface area contributed by atoms with Crippen LogP contribution in [0.1, 0.15) is 36.2 Å². The number of fused-ring (bicyclic) bond motifs is 1. The van der Waals surface area contributed by atoms with Gasteiger partial charge in [0, 0.05) is 42.9 Å². The average molecular weight is 583 g/mol. The first-order valence-electron chi connectivity index (χ1n) is 13.0. The van der Waals surface area contributed by atoms with E-state index in [1.807, 2.05) is 10.7 Å². The van der Waals surface area contributed by atoms with Crippen LogP contribution in [0.3, 0.4) is 0 Å². The van der Waals surface area contributed by atoms with Gasteiger partial charge in [0.2, 0.25) is 0 Å². The molecule has 0 saturated carbocycles. The molecule has 208 valence electrons. The Morgan fingerprint density at radius 1 is 1.18 bits per heavy atom. The number of primary amides is 1. The summed E-state index contributed by atoms with van der Waals surface area (Å²) in [5.74, 6) is 0.323. The van der Waals surface area contributed by atoms with Crippen LogP contribution >= 0.6 is 23.2 Å². The summed E-state index contributed by atoms with van der Waals surface area (Å²) >= 11 is 12.6. The van der Waals surface area contributed by atoms with Crippen molar-refractivity contribution < 1.29 is 13.9 Å². The summed E-state index contributed by atoms with van der Waals surface area (Å²) in [4.78, 5) is 18.0. The molecule has 0 bridgehead atoms. The highest BCUT2D eigenvalue weighted by atomic mass is 35.5. The van der Waals surface area contributed by atoms with Gasteiger partial charge in [0.1, 0.15) is 17.4 Å². The van der Waals surface area contributed by atoms with E-state index in [9.17, 15) is 4.79 Å². The number of nitrogens with zero attached hydrogens (tertiary/aromatic N) is 4. The molecule has 1 aliphatic heterocycles. The molecule has 0 atom stereocenters. The molecule has 0 saturated heterocycles. The number of benzene rings is 2. The zero-order chi connectivity index (χ0) is 28.6. The molecule has 0 spiro atoms. The molecule has 5 rings (SSSR count). The van der Waals surface area contributed by atoms with E-state index < -0.39 is 11.8 Å². The number of amides is 2. The Balaban J connectivity index is 1.77. The van der Waals surface area contributed by atoms with Gasteiger partial charge in [-0.2, -0.15) is 5.10 Å². The summed E-state index contributed by atoms with van der Waals surface area (Å²) in [6.07, 6.45) is 3.77. The lowest BCUT2D eigenvalue weighted by Crippen LogP contribution is -2.31. The first kappa shape index (κ1) is 27.7. The van der Waals surface area contributed by atoms with Crippen LogP contribution in [0.5, 0.6) is 5.75 Å². The Hall–Kier alpha value is -3.82. The molecular weight excluding hydrogens is 554 g/mol. The van der Waals surface area contributed by atoms with E-state index in [4.69, 9.17) is 38.8 Å². The predicted molar refractivity (Wildman–Crippen MR) is 156 cm³/mol. The van der Waals surface area contributed by atoms with Gasteiger partial charge in [-0.15, -0.1) is 0 Å². The Labute approximate surface area is 241 Å². The Kier molecular flexibility index (Phi) is 7.87. The van der Waals surface area contributed by atoms with Gasteiger partial charge in [0.25, 0.3) is 0 Å². The largest absolute Gasteiger partial charge is 0.496 e. The average Bonchev–Trinajstić information content (AvgIpc) is 3.31. The SMILES string of the molecule is CCc1cccc(CC)c1-n1nc2c(c1-c1cc(F)c(NC(N)=O)cc1OC)CN(c1ncc(Cl)cc1Cl)CC2. The quantitative estimate of drug-likeness (QED) is 0.257. The number of ether oxygens (including phenoxy) is 1. The molecule has 0 fully saturated rings. The molecule has 2 aromatic heterocycles. The number of urea groups is 1. The second kappa shape index (κ2) is 11.3. The number of aromatic nitrogens is 3. The Morgan fingerprint density at radius 3 is 2.52 bits per heavy atom. The Bertz CT molecular complexity index is 1580. The number of anilines is 2. The number of hydrogen-bond acceptors (Lipinski definition) is 5. The maximum absolute atomic E-state index is 15.4. The molecule has 3 N–H and O–H groups in total. The normalized spacial score (nSPS) is 12.8. The van der Waals surface area contributed by atoms with Crippen molar-refractivity contribution in [3.05, 3.63) is 80.8 Å². The summed E-state index contributed by atoms with van der Waals surface area (Å²) in [6, 6.07) is 9.79. The third-order valence-electron chi connectivity index (χ3n) is 7.10. The molecule has 0 radical (unpaired) electrons. The van der Waals surface area contributed by atoms with Gasteiger partial charge in [0.05, 0.1) is 39.9 Å². The highest BCUT2D eigenvalue weighted by molar-refractivity contribution is 6.36. The smallest absolute Gasteiger partial charge is 0.316 e. The van der Waals surface area contributed by atoms with Crippen molar-refractivity contribution >= 4 is 40.7 Å². The van der Waals surface area contributed by atoms with Crippen molar-refractivity contribution in [1.29, 1.82) is 0 Å². The van der Waals surface area contributed by atoms with Crippen LogP contribution < -0.4 is 20.7 Å². The minimum Gasteiger partial charge on any atom is -0.496 e. The number of nitrogens with two attached hydrogens (primary N) is 1. The third-order valence-corrected chi connectivity index (χ3v) is 7.59. The zero-order valence-corrected chi connectivity index (χ0v) is 23.9. The van der Waals surface area contributed by atoms with Crippen LogP contribution in [0.4, 0.5) is 20.7 Å². The van der Waals surface area contributed by atoms with Gasteiger partial charge in [0.15, 0.2) is 0 Å². The van der Waals surface area contributed by atoms with Crippen LogP contribution in [0.25, 0.3) is 16.9 Å². The van der Waals surface area contributed by atoms with Crippen LogP contribution in [0.15, 0.2) is 42.6 Å². The van der Waals surface area contributed by atoms with Gasteiger partial charge in [-0.1, -0.05) is 55.2 Å². The van der Waals surface area contributed by atoms with E-state index in [-0.39, 0.29) is 5.69 Å². The number of hydrogen-bond donors (Lipinski definition) is 2. The summed E-state index contributed by atoms with van der Waals surface area (Å²) in [5.41, 5.74) is 11.4. The fourth-order valence-electron chi connectivity index (χ4n) is 5.26. The van der Waals surface area contributed by atoms with Gasteiger partial charge < -0.3 is 20.7 Å². The van der Waals surface area contributed by atoms with Gasteiger partial charge in [-0.3, -0.25) is 0 Å². The van der Waals surface area contributed by atoms with Crippen molar-refractivity contribution in [2.75, 3.05) is 23.9 Å². The minimum absolute atomic E-state index is 0.0741. The van der Waals surface area contributed by atoms with E-state index in [1.165, 1.54) is 19.2 Å². The lowest BCUT2D eigenvalue weighted by Gasteiger charge is -2.29. The molecule has 2 amide bonds. The number of aryl methyl sites for hydroxylation is 2. The second-order valence-corrected chi connectivity index (χ2v) is 10.3. The lowest BCUT2D eigenvalue weighted by atomic mass is 9.98. The van der Waals surface area contributed by atoms with E-state index in [1.54, 1.807) is 12.3 Å². The molecule has 0 unspecified atom stereocenters. The van der Waals surface area contributed by atoms with Crippen molar-refractivity contribution in [3.63, 3.8) is 0 Å².